The van der Waals surface area contributed by atoms with E-state index >= 15 is 0 Å². The fourth-order valence-corrected chi connectivity index (χ4v) is 2.52. The van der Waals surface area contributed by atoms with Crippen molar-refractivity contribution < 1.29 is 4.39 Å². The van der Waals surface area contributed by atoms with Gasteiger partial charge in [0.1, 0.15) is 23.3 Å². The molecule has 0 radical (unpaired) electrons. The van der Waals surface area contributed by atoms with Crippen LogP contribution in [-0.4, -0.2) is 32.3 Å². The van der Waals surface area contributed by atoms with Crippen molar-refractivity contribution in [3.63, 3.8) is 0 Å². The van der Waals surface area contributed by atoms with Crippen LogP contribution in [0.3, 0.4) is 0 Å². The zero-order valence-corrected chi connectivity index (χ0v) is 14.3. The molecule has 1 aromatic carbocycles. The monoisotopic (exact) mass is 338 g/mol. The number of nitrogens with zero attached hydrogens (tertiary/aromatic N) is 3. The molecule has 3 rings (SSSR count). The number of hydrogen-bond donors (Lipinski definition) is 3. The van der Waals surface area contributed by atoms with E-state index in [9.17, 15) is 4.39 Å². The second kappa shape index (κ2) is 6.72. The Hall–Kier alpha value is -3.22. The van der Waals surface area contributed by atoms with E-state index in [1.165, 1.54) is 12.1 Å². The van der Waals surface area contributed by atoms with Crippen LogP contribution in [0.5, 0.6) is 0 Å². The average Bonchev–Trinajstić information content (AvgIpc) is 3.18. The molecule has 2 aromatic heterocycles. The molecule has 7 heteroatoms. The first-order chi connectivity index (χ1) is 12.0. The number of aryl methyl sites for hydroxylation is 1. The van der Waals surface area contributed by atoms with Gasteiger partial charge < -0.3 is 14.9 Å². The smallest absolute Gasteiger partial charge is 0.144 e. The highest BCUT2D eigenvalue weighted by Crippen LogP contribution is 2.24. The Morgan fingerprint density at radius 1 is 1.28 bits per heavy atom. The zero-order valence-electron chi connectivity index (χ0n) is 14.3. The topological polar surface area (TPSA) is 82.4 Å². The van der Waals surface area contributed by atoms with Gasteiger partial charge in [0.25, 0.3) is 0 Å². The molecule has 2 heterocycles. The SMILES string of the molecule is CNc1c[nH]c(/C=C\C(=N)c2c(-c3ccc(F)cc3)nc(C)n2C)n1. The molecular weight excluding hydrogens is 319 g/mol. The van der Waals surface area contributed by atoms with Gasteiger partial charge in [0.05, 0.1) is 17.1 Å². The maximum Gasteiger partial charge on any atom is 0.144 e. The first-order valence-electron chi connectivity index (χ1n) is 7.79. The van der Waals surface area contributed by atoms with Crippen molar-refractivity contribution in [2.24, 2.45) is 7.05 Å². The van der Waals surface area contributed by atoms with Crippen LogP contribution in [0.1, 0.15) is 17.3 Å². The normalized spacial score (nSPS) is 11.2. The molecule has 0 bridgehead atoms. The number of aromatic amines is 1. The summed E-state index contributed by atoms with van der Waals surface area (Å²) in [5, 5.41) is 11.4. The van der Waals surface area contributed by atoms with Crippen molar-refractivity contribution in [1.82, 2.24) is 19.5 Å². The van der Waals surface area contributed by atoms with Gasteiger partial charge in [-0.05, 0) is 43.3 Å². The molecule has 3 N–H and O–H groups in total. The highest BCUT2D eigenvalue weighted by Gasteiger charge is 2.17. The second-order valence-corrected chi connectivity index (χ2v) is 5.59. The van der Waals surface area contributed by atoms with Gasteiger partial charge in [-0.15, -0.1) is 0 Å². The van der Waals surface area contributed by atoms with Crippen molar-refractivity contribution in [1.29, 1.82) is 5.41 Å². The van der Waals surface area contributed by atoms with E-state index in [4.69, 9.17) is 5.41 Å². The number of rotatable bonds is 5. The summed E-state index contributed by atoms with van der Waals surface area (Å²) in [6.45, 7) is 1.87. The molecule has 0 saturated carbocycles. The first kappa shape index (κ1) is 16.6. The van der Waals surface area contributed by atoms with Gasteiger partial charge in [-0.3, -0.25) is 5.41 Å². The Morgan fingerprint density at radius 2 is 2.00 bits per heavy atom. The molecule has 6 nitrogen and oxygen atoms in total. The van der Waals surface area contributed by atoms with Crippen molar-refractivity contribution in [3.05, 3.63) is 59.7 Å². The summed E-state index contributed by atoms with van der Waals surface area (Å²) < 4.78 is 15.0. The predicted octanol–water partition coefficient (Wildman–Crippen LogP) is 3.38. The van der Waals surface area contributed by atoms with Gasteiger partial charge >= 0.3 is 0 Å². The molecule has 0 aliphatic rings. The van der Waals surface area contributed by atoms with E-state index in [-0.39, 0.29) is 5.82 Å². The maximum absolute atomic E-state index is 13.2. The fourth-order valence-electron chi connectivity index (χ4n) is 2.52. The van der Waals surface area contributed by atoms with Crippen LogP contribution >= 0.6 is 0 Å². The van der Waals surface area contributed by atoms with Gasteiger partial charge in [-0.1, -0.05) is 0 Å². The fraction of sp³-hybridized carbons (Fsp3) is 0.167. The molecule has 128 valence electrons. The van der Waals surface area contributed by atoms with E-state index in [0.717, 1.165) is 17.2 Å². The van der Waals surface area contributed by atoms with E-state index in [2.05, 4.69) is 20.3 Å². The number of aromatic nitrogens is 4. The Kier molecular flexibility index (Phi) is 4.47. The predicted molar refractivity (Wildman–Crippen MR) is 97.3 cm³/mol. The number of hydrogen-bond acceptors (Lipinski definition) is 4. The molecule has 0 saturated heterocycles. The third kappa shape index (κ3) is 3.35. The summed E-state index contributed by atoms with van der Waals surface area (Å²) in [6, 6.07) is 6.13. The summed E-state index contributed by atoms with van der Waals surface area (Å²) in [5.41, 5.74) is 2.39. The molecule has 0 fully saturated rings. The van der Waals surface area contributed by atoms with Gasteiger partial charge in [0.15, 0.2) is 0 Å². The van der Waals surface area contributed by atoms with Crippen LogP contribution in [-0.2, 0) is 7.05 Å². The van der Waals surface area contributed by atoms with Crippen LogP contribution in [0.25, 0.3) is 17.3 Å². The lowest BCUT2D eigenvalue weighted by atomic mass is 10.1. The summed E-state index contributed by atoms with van der Waals surface area (Å²) >= 11 is 0. The lowest BCUT2D eigenvalue weighted by molar-refractivity contribution is 0.628. The van der Waals surface area contributed by atoms with Gasteiger partial charge in [0.2, 0.25) is 0 Å². The molecule has 0 spiro atoms. The quantitative estimate of drug-likeness (QED) is 0.624. The van der Waals surface area contributed by atoms with E-state index in [0.29, 0.717) is 22.9 Å². The average molecular weight is 338 g/mol. The summed E-state index contributed by atoms with van der Waals surface area (Å²) in [7, 11) is 3.65. The molecule has 3 aromatic rings. The standard InChI is InChI=1S/C18H19FN6/c1-11-23-17(12-4-6-13(19)7-5-12)18(25(11)3)14(20)8-9-15-22-10-16(21-2)24-15/h4-10,20-21H,1-3H3,(H,22,24)/b9-8-,20-14?. The Morgan fingerprint density at radius 3 is 2.64 bits per heavy atom. The maximum atomic E-state index is 13.2. The number of imidazole rings is 2. The molecule has 0 atom stereocenters. The minimum absolute atomic E-state index is 0.296. The number of H-pyrrole nitrogens is 1. The van der Waals surface area contributed by atoms with Crippen LogP contribution in [0.2, 0.25) is 0 Å². The summed E-state index contributed by atoms with van der Waals surface area (Å²) in [4.78, 5) is 11.8. The lowest BCUT2D eigenvalue weighted by Crippen LogP contribution is -2.05. The van der Waals surface area contributed by atoms with Crippen LogP contribution in [0.4, 0.5) is 10.2 Å². The summed E-state index contributed by atoms with van der Waals surface area (Å²) in [6.07, 6.45) is 5.16. The molecule has 0 unspecified atom stereocenters. The molecule has 0 aliphatic carbocycles. The Bertz CT molecular complexity index is 933. The molecule has 0 aliphatic heterocycles. The minimum atomic E-state index is -0.300. The zero-order chi connectivity index (χ0) is 18.0. The molecule has 25 heavy (non-hydrogen) atoms. The molecular formula is C18H19FN6. The first-order valence-corrected chi connectivity index (χ1v) is 7.79. The highest BCUT2D eigenvalue weighted by molar-refractivity contribution is 6.11. The third-order valence-corrected chi connectivity index (χ3v) is 3.95. The Labute approximate surface area is 145 Å². The summed E-state index contributed by atoms with van der Waals surface area (Å²) in [5.74, 6) is 1.86. The van der Waals surface area contributed by atoms with E-state index in [1.54, 1.807) is 37.5 Å². The van der Waals surface area contributed by atoms with Gasteiger partial charge in [-0.2, -0.15) is 0 Å². The van der Waals surface area contributed by atoms with Crippen molar-refractivity contribution >= 4 is 17.6 Å². The number of nitrogens with one attached hydrogen (secondary N) is 3. The molecule has 0 amide bonds. The highest BCUT2D eigenvalue weighted by atomic mass is 19.1. The van der Waals surface area contributed by atoms with E-state index in [1.807, 2.05) is 18.5 Å². The van der Waals surface area contributed by atoms with Gasteiger partial charge in [-0.25, -0.2) is 14.4 Å². The second-order valence-electron chi connectivity index (χ2n) is 5.59. The number of allylic oxidation sites excluding steroid dienone is 1. The van der Waals surface area contributed by atoms with Gasteiger partial charge in [0, 0.05) is 25.9 Å². The van der Waals surface area contributed by atoms with Crippen molar-refractivity contribution in [2.75, 3.05) is 12.4 Å². The van der Waals surface area contributed by atoms with Crippen LogP contribution in [0, 0.1) is 18.2 Å². The van der Waals surface area contributed by atoms with Crippen molar-refractivity contribution in [3.8, 4) is 11.3 Å². The number of benzene rings is 1. The Balaban J connectivity index is 1.95. The number of anilines is 1. The number of halogens is 1. The van der Waals surface area contributed by atoms with E-state index < -0.39 is 0 Å². The lowest BCUT2D eigenvalue weighted by Gasteiger charge is -2.05. The van der Waals surface area contributed by atoms with Crippen LogP contribution < -0.4 is 5.32 Å². The minimum Gasteiger partial charge on any atom is -0.372 e. The largest absolute Gasteiger partial charge is 0.372 e. The van der Waals surface area contributed by atoms with Crippen molar-refractivity contribution in [2.45, 2.75) is 6.92 Å². The van der Waals surface area contributed by atoms with Crippen LogP contribution in [0.15, 0.2) is 36.5 Å². The third-order valence-electron chi connectivity index (χ3n) is 3.95.